The largest absolute Gasteiger partial charge is 0.504 e. The molecule has 0 saturated heterocycles. The molecule has 2 aliphatic heterocycles. The van der Waals surface area contributed by atoms with Gasteiger partial charge in [-0.25, -0.2) is 0 Å². The van der Waals surface area contributed by atoms with Crippen LogP contribution < -0.4 is 0 Å². The van der Waals surface area contributed by atoms with Crippen molar-refractivity contribution in [2.45, 2.75) is 58.0 Å². The highest BCUT2D eigenvalue weighted by Gasteiger charge is 2.58. The lowest BCUT2D eigenvalue weighted by atomic mass is 9.65. The van der Waals surface area contributed by atoms with Crippen LogP contribution in [-0.2, 0) is 19.0 Å². The molecule has 3 N–H and O–H groups in total. The zero-order chi connectivity index (χ0) is 24.1. The van der Waals surface area contributed by atoms with Crippen molar-refractivity contribution in [3.63, 3.8) is 0 Å². The fraction of sp³-hybridized carbons (Fsp3) is 0.500. The summed E-state index contributed by atoms with van der Waals surface area (Å²) in [5.74, 6) is -1.51. The minimum Gasteiger partial charge on any atom is -0.504 e. The highest BCUT2D eigenvalue weighted by Crippen LogP contribution is 2.49. The van der Waals surface area contributed by atoms with Gasteiger partial charge in [0.25, 0.3) is 0 Å². The summed E-state index contributed by atoms with van der Waals surface area (Å²) >= 11 is 0. The summed E-state index contributed by atoms with van der Waals surface area (Å²) in [6.07, 6.45) is 4.08. The molecule has 7 heteroatoms. The molecule has 3 aliphatic rings. The summed E-state index contributed by atoms with van der Waals surface area (Å²) in [6.45, 7) is 7.82. The Morgan fingerprint density at radius 1 is 1.18 bits per heavy atom. The first-order valence-corrected chi connectivity index (χ1v) is 11.2. The smallest absolute Gasteiger partial charge is 0.175 e. The molecule has 1 fully saturated rings. The Kier molecular flexibility index (Phi) is 6.05. The van der Waals surface area contributed by atoms with Crippen LogP contribution in [0.4, 0.5) is 0 Å². The lowest BCUT2D eigenvalue weighted by Gasteiger charge is -2.47. The molecule has 7 nitrogen and oxygen atoms in total. The van der Waals surface area contributed by atoms with Crippen molar-refractivity contribution >= 4 is 11.4 Å². The van der Waals surface area contributed by atoms with E-state index < -0.39 is 23.7 Å². The zero-order valence-electron chi connectivity index (χ0n) is 19.6. The molecule has 1 saturated carbocycles. The fourth-order valence-electron chi connectivity index (χ4n) is 4.94. The van der Waals surface area contributed by atoms with Crippen LogP contribution in [0, 0.1) is 17.8 Å². The van der Waals surface area contributed by atoms with E-state index in [-0.39, 0.29) is 40.8 Å². The van der Waals surface area contributed by atoms with Crippen LogP contribution in [0.15, 0.2) is 47.9 Å². The molecule has 2 heterocycles. The quantitative estimate of drug-likeness (QED) is 0.458. The number of aliphatic hydroxyl groups excluding tert-OH is 1. The SMILES string of the molecule is COC(C)(C)C1=CC2C(O1)C(CC=C(C)C)C(O)C1C(=O)C(c3ccc(O)c(O)c3)=COC21. The summed E-state index contributed by atoms with van der Waals surface area (Å²) in [5.41, 5.74) is 1.14. The van der Waals surface area contributed by atoms with Gasteiger partial charge in [0.2, 0.25) is 0 Å². The number of aromatic hydroxyl groups is 2. The number of phenolic OH excluding ortho intramolecular Hbond substituents is 2. The summed E-state index contributed by atoms with van der Waals surface area (Å²) in [5, 5.41) is 30.9. The third-order valence-electron chi connectivity index (χ3n) is 7.05. The summed E-state index contributed by atoms with van der Waals surface area (Å²) in [6, 6.07) is 4.18. The zero-order valence-corrected chi connectivity index (χ0v) is 19.6. The second-order valence-electron chi connectivity index (χ2n) is 9.80. The molecular formula is C26H32O7. The van der Waals surface area contributed by atoms with Gasteiger partial charge >= 0.3 is 0 Å². The van der Waals surface area contributed by atoms with Crippen molar-refractivity contribution in [3.05, 3.63) is 53.5 Å². The van der Waals surface area contributed by atoms with E-state index >= 15 is 0 Å². The Morgan fingerprint density at radius 3 is 2.55 bits per heavy atom. The average Bonchev–Trinajstić information content (AvgIpc) is 3.21. The number of Topliss-reactive ketones (excluding diaryl/α,β-unsaturated/α-hetero) is 1. The first kappa shape index (κ1) is 23.4. The van der Waals surface area contributed by atoms with Gasteiger partial charge in [-0.1, -0.05) is 17.7 Å². The van der Waals surface area contributed by atoms with Crippen molar-refractivity contribution in [2.75, 3.05) is 7.11 Å². The van der Waals surface area contributed by atoms with Crippen molar-refractivity contribution < 1.29 is 34.3 Å². The number of carbonyl (C=O) groups excluding carboxylic acids is 1. The van der Waals surface area contributed by atoms with E-state index in [1.54, 1.807) is 13.2 Å². The van der Waals surface area contributed by atoms with E-state index in [0.29, 0.717) is 17.7 Å². The summed E-state index contributed by atoms with van der Waals surface area (Å²) in [4.78, 5) is 13.6. The van der Waals surface area contributed by atoms with Crippen molar-refractivity contribution in [1.82, 2.24) is 0 Å². The van der Waals surface area contributed by atoms with Gasteiger partial charge in [0.1, 0.15) is 23.6 Å². The van der Waals surface area contributed by atoms with Crippen molar-refractivity contribution in [2.24, 2.45) is 17.8 Å². The van der Waals surface area contributed by atoms with Gasteiger partial charge in [0.05, 0.1) is 29.8 Å². The monoisotopic (exact) mass is 456 g/mol. The number of aliphatic hydroxyl groups is 1. The van der Waals surface area contributed by atoms with Gasteiger partial charge in [0.15, 0.2) is 17.3 Å². The minimum absolute atomic E-state index is 0.228. The van der Waals surface area contributed by atoms with Crippen LogP contribution in [0.5, 0.6) is 11.5 Å². The third kappa shape index (κ3) is 4.04. The average molecular weight is 457 g/mol. The van der Waals surface area contributed by atoms with Gasteiger partial charge in [-0.2, -0.15) is 0 Å². The molecule has 0 amide bonds. The highest BCUT2D eigenvalue weighted by atomic mass is 16.6. The maximum atomic E-state index is 13.6. The first-order valence-electron chi connectivity index (χ1n) is 11.2. The van der Waals surface area contributed by atoms with Gasteiger partial charge in [-0.15, -0.1) is 0 Å². The van der Waals surface area contributed by atoms with E-state index in [1.807, 2.05) is 33.8 Å². The van der Waals surface area contributed by atoms with Gasteiger partial charge in [-0.3, -0.25) is 4.79 Å². The second-order valence-corrected chi connectivity index (χ2v) is 9.80. The van der Waals surface area contributed by atoms with E-state index in [9.17, 15) is 20.1 Å². The maximum Gasteiger partial charge on any atom is 0.175 e. The predicted octanol–water partition coefficient (Wildman–Crippen LogP) is 3.69. The molecule has 33 heavy (non-hydrogen) atoms. The van der Waals surface area contributed by atoms with Gasteiger partial charge < -0.3 is 29.5 Å². The number of carbonyl (C=O) groups is 1. The molecule has 6 unspecified atom stereocenters. The van der Waals surface area contributed by atoms with Crippen molar-refractivity contribution in [1.29, 1.82) is 0 Å². The van der Waals surface area contributed by atoms with Gasteiger partial charge in [0, 0.05) is 13.0 Å². The van der Waals surface area contributed by atoms with Crippen LogP contribution in [0.3, 0.4) is 0 Å². The minimum atomic E-state index is -0.979. The number of phenols is 2. The van der Waals surface area contributed by atoms with Crippen LogP contribution in [0.25, 0.3) is 5.57 Å². The summed E-state index contributed by atoms with van der Waals surface area (Å²) < 4.78 is 18.0. The number of hydrogen-bond donors (Lipinski definition) is 3. The molecule has 6 atom stereocenters. The molecule has 0 aromatic heterocycles. The number of methoxy groups -OCH3 is 1. The molecule has 1 aromatic rings. The summed E-state index contributed by atoms with van der Waals surface area (Å²) in [7, 11) is 1.62. The normalized spacial score (nSPS) is 30.9. The van der Waals surface area contributed by atoms with Crippen molar-refractivity contribution in [3.8, 4) is 11.5 Å². The number of fused-ring (bicyclic) bond motifs is 3. The van der Waals surface area contributed by atoms with E-state index in [0.717, 1.165) is 5.57 Å². The van der Waals surface area contributed by atoms with Crippen LogP contribution >= 0.6 is 0 Å². The number of ether oxygens (including phenoxy) is 3. The predicted molar refractivity (Wildman–Crippen MR) is 122 cm³/mol. The van der Waals surface area contributed by atoms with Crippen LogP contribution in [-0.4, -0.2) is 52.1 Å². The highest BCUT2D eigenvalue weighted by molar-refractivity contribution is 6.22. The number of rotatable bonds is 5. The Labute approximate surface area is 194 Å². The topological polar surface area (TPSA) is 105 Å². The molecular weight excluding hydrogens is 424 g/mol. The maximum absolute atomic E-state index is 13.6. The molecule has 0 radical (unpaired) electrons. The molecule has 0 bridgehead atoms. The molecule has 1 aliphatic carbocycles. The number of allylic oxidation sites excluding steroid dienone is 3. The molecule has 0 spiro atoms. The molecule has 1 aromatic carbocycles. The second kappa shape index (κ2) is 8.54. The Bertz CT molecular complexity index is 1030. The van der Waals surface area contributed by atoms with Crippen LogP contribution in [0.1, 0.15) is 39.7 Å². The third-order valence-corrected chi connectivity index (χ3v) is 7.05. The number of hydrogen-bond acceptors (Lipinski definition) is 7. The number of ketones is 1. The van der Waals surface area contributed by atoms with Gasteiger partial charge in [-0.05, 0) is 57.9 Å². The Balaban J connectivity index is 1.74. The van der Waals surface area contributed by atoms with E-state index in [4.69, 9.17) is 14.2 Å². The first-order chi connectivity index (χ1) is 15.5. The molecule has 4 rings (SSSR count). The number of benzene rings is 1. The standard InChI is InChI=1S/C26H32O7/c1-13(2)6-8-15-22(29)21-23(30)17(14-7-9-18(27)19(28)10-14)12-32-25(21)16-11-20(33-24(15)16)26(3,4)31-5/h6-7,9-12,15-16,21-22,24-25,27-29H,8H2,1-5H3. The fourth-order valence-corrected chi connectivity index (χ4v) is 4.94. The Hall–Kier alpha value is -2.77. The van der Waals surface area contributed by atoms with Crippen LogP contribution in [0.2, 0.25) is 0 Å². The lowest BCUT2D eigenvalue weighted by Crippen LogP contribution is -2.58. The molecule has 178 valence electrons. The Morgan fingerprint density at radius 2 is 1.91 bits per heavy atom. The van der Waals surface area contributed by atoms with E-state index in [1.165, 1.54) is 18.4 Å². The van der Waals surface area contributed by atoms with E-state index in [2.05, 4.69) is 6.08 Å². The lowest BCUT2D eigenvalue weighted by molar-refractivity contribution is -0.159.